The van der Waals surface area contributed by atoms with Gasteiger partial charge >= 0.3 is 5.97 Å². The number of likely N-dealkylation sites (N-methyl/N-ethyl adjacent to an activating group) is 1. The molecule has 0 saturated heterocycles. The van der Waals surface area contributed by atoms with Crippen LogP contribution in [0.2, 0.25) is 0 Å². The molecule has 0 unspecified atom stereocenters. The van der Waals surface area contributed by atoms with Gasteiger partial charge in [-0.1, -0.05) is 0 Å². The highest BCUT2D eigenvalue weighted by atomic mass is 127. The minimum Gasteiger partial charge on any atom is -1.00 e. The standard InChI is InChI=1S/C7H15FNO2.HI/c1-9(2,3)4-5-11-7(10)6-8;/h4-6H2,1-3H3;1H/q+1;/p-1. The van der Waals surface area contributed by atoms with Crippen LogP contribution in [0, 0.1) is 0 Å². The Bertz CT molecular complexity index is 136. The number of hydrogen-bond donors (Lipinski definition) is 0. The number of rotatable bonds is 4. The van der Waals surface area contributed by atoms with E-state index in [0.29, 0.717) is 11.0 Å². The van der Waals surface area contributed by atoms with Crippen molar-refractivity contribution in [2.75, 3.05) is 41.0 Å². The molecule has 0 aromatic rings. The van der Waals surface area contributed by atoms with Gasteiger partial charge in [-0.3, -0.25) is 0 Å². The molecule has 0 amide bonds. The molecular weight excluding hydrogens is 276 g/mol. The van der Waals surface area contributed by atoms with Crippen LogP contribution in [0.25, 0.3) is 0 Å². The third kappa shape index (κ3) is 10.1. The number of esters is 1. The van der Waals surface area contributed by atoms with E-state index in [1.54, 1.807) is 0 Å². The van der Waals surface area contributed by atoms with Crippen LogP contribution in [0.15, 0.2) is 0 Å². The molecule has 0 saturated carbocycles. The Hall–Kier alpha value is 0.0900. The maximum Gasteiger partial charge on any atom is 0.337 e. The summed E-state index contributed by atoms with van der Waals surface area (Å²) in [6.45, 7) is -0.0465. The number of nitrogens with zero attached hydrogens (tertiary/aromatic N) is 1. The van der Waals surface area contributed by atoms with Crippen LogP contribution in [-0.4, -0.2) is 51.4 Å². The zero-order valence-corrected chi connectivity index (χ0v) is 9.80. The molecule has 74 valence electrons. The van der Waals surface area contributed by atoms with Gasteiger partial charge in [-0.05, 0) is 0 Å². The number of carbonyl (C=O) groups is 1. The largest absolute Gasteiger partial charge is 1.00 e. The summed E-state index contributed by atoms with van der Waals surface area (Å²) in [6, 6.07) is 0. The van der Waals surface area contributed by atoms with Crippen molar-refractivity contribution in [1.29, 1.82) is 0 Å². The number of ether oxygens (including phenoxy) is 1. The predicted octanol–water partition coefficient (Wildman–Crippen LogP) is -2.79. The van der Waals surface area contributed by atoms with Crippen molar-refractivity contribution >= 4 is 5.97 Å². The summed E-state index contributed by atoms with van der Waals surface area (Å²) in [5, 5.41) is 0. The summed E-state index contributed by atoms with van der Waals surface area (Å²) in [6.07, 6.45) is 0. The summed E-state index contributed by atoms with van der Waals surface area (Å²) in [4.78, 5) is 10.3. The minimum atomic E-state index is -1.03. The summed E-state index contributed by atoms with van der Waals surface area (Å²) in [5.74, 6) is -0.779. The van der Waals surface area contributed by atoms with Gasteiger partial charge in [-0.15, -0.1) is 0 Å². The van der Waals surface area contributed by atoms with E-state index in [1.807, 2.05) is 21.1 Å². The molecule has 0 N–H and O–H groups in total. The fourth-order valence-electron chi connectivity index (χ4n) is 0.472. The Morgan fingerprint density at radius 1 is 1.42 bits per heavy atom. The van der Waals surface area contributed by atoms with Crippen LogP contribution in [0.5, 0.6) is 0 Å². The molecule has 0 fully saturated rings. The fourth-order valence-corrected chi connectivity index (χ4v) is 0.472. The number of halogens is 2. The maximum atomic E-state index is 11.5. The molecule has 0 spiro atoms. The minimum absolute atomic E-state index is 0. The van der Waals surface area contributed by atoms with Crippen molar-refractivity contribution in [2.24, 2.45) is 0 Å². The van der Waals surface area contributed by atoms with Gasteiger partial charge in [0.1, 0.15) is 13.2 Å². The van der Waals surface area contributed by atoms with Crippen LogP contribution < -0.4 is 24.0 Å². The first kappa shape index (κ1) is 14.6. The highest BCUT2D eigenvalue weighted by Gasteiger charge is 2.08. The highest BCUT2D eigenvalue weighted by Crippen LogP contribution is 1.89. The summed E-state index contributed by atoms with van der Waals surface area (Å²) < 4.78 is 16.8. The van der Waals surface area contributed by atoms with Crippen LogP contribution >= 0.6 is 0 Å². The van der Waals surface area contributed by atoms with Crippen molar-refractivity contribution in [3.05, 3.63) is 0 Å². The quantitative estimate of drug-likeness (QED) is 0.318. The molecule has 0 aliphatic carbocycles. The number of carbonyl (C=O) groups excluding carboxylic acids is 1. The fraction of sp³-hybridized carbons (Fsp3) is 0.857. The van der Waals surface area contributed by atoms with E-state index < -0.39 is 12.6 Å². The Morgan fingerprint density at radius 2 is 1.92 bits per heavy atom. The number of hydrogen-bond acceptors (Lipinski definition) is 2. The second-order valence-electron chi connectivity index (χ2n) is 3.37. The smallest absolute Gasteiger partial charge is 0.337 e. The van der Waals surface area contributed by atoms with Crippen molar-refractivity contribution < 1.29 is 42.4 Å². The van der Waals surface area contributed by atoms with Crippen molar-refractivity contribution in [2.45, 2.75) is 0 Å². The molecule has 3 nitrogen and oxygen atoms in total. The van der Waals surface area contributed by atoms with Gasteiger partial charge in [-0.2, -0.15) is 0 Å². The molecule has 0 aliphatic heterocycles. The van der Waals surface area contributed by atoms with Gasteiger partial charge in [-0.25, -0.2) is 9.18 Å². The van der Waals surface area contributed by atoms with E-state index in [1.165, 1.54) is 0 Å². The van der Waals surface area contributed by atoms with E-state index in [0.717, 1.165) is 0 Å². The Kier molecular flexibility index (Phi) is 8.02. The van der Waals surface area contributed by atoms with Crippen LogP contribution in [-0.2, 0) is 9.53 Å². The van der Waals surface area contributed by atoms with Crippen LogP contribution in [0.3, 0.4) is 0 Å². The zero-order valence-electron chi connectivity index (χ0n) is 7.64. The monoisotopic (exact) mass is 291 g/mol. The Labute approximate surface area is 89.5 Å². The third-order valence-corrected chi connectivity index (χ3v) is 1.13. The summed E-state index contributed by atoms with van der Waals surface area (Å²) in [7, 11) is 5.93. The predicted molar refractivity (Wildman–Crippen MR) is 39.8 cm³/mol. The molecule has 0 radical (unpaired) electrons. The molecule has 0 aliphatic rings. The average Bonchev–Trinajstić information content (AvgIpc) is 1.85. The second kappa shape index (κ2) is 6.59. The Morgan fingerprint density at radius 3 is 2.25 bits per heavy atom. The zero-order chi connectivity index (χ0) is 8.91. The number of quaternary nitrogens is 1. The van der Waals surface area contributed by atoms with Crippen LogP contribution in [0.1, 0.15) is 0 Å². The van der Waals surface area contributed by atoms with E-state index in [2.05, 4.69) is 4.74 Å². The van der Waals surface area contributed by atoms with Gasteiger partial charge < -0.3 is 33.2 Å². The van der Waals surface area contributed by atoms with E-state index in [-0.39, 0.29) is 30.6 Å². The Balaban J connectivity index is 0. The van der Waals surface area contributed by atoms with Crippen molar-refractivity contribution in [3.8, 4) is 0 Å². The lowest BCUT2D eigenvalue weighted by Crippen LogP contribution is -3.00. The molecule has 0 bridgehead atoms. The van der Waals surface area contributed by atoms with Gasteiger partial charge in [0.25, 0.3) is 0 Å². The lowest BCUT2D eigenvalue weighted by molar-refractivity contribution is -0.870. The van der Waals surface area contributed by atoms with E-state index in [9.17, 15) is 9.18 Å². The second-order valence-corrected chi connectivity index (χ2v) is 3.37. The first-order valence-corrected chi connectivity index (χ1v) is 3.48. The van der Waals surface area contributed by atoms with Crippen molar-refractivity contribution in [1.82, 2.24) is 0 Å². The van der Waals surface area contributed by atoms with Gasteiger partial charge in [0.05, 0.1) is 21.1 Å². The molecule has 5 heteroatoms. The molecule has 0 aromatic carbocycles. The van der Waals surface area contributed by atoms with E-state index >= 15 is 0 Å². The summed E-state index contributed by atoms with van der Waals surface area (Å²) in [5.41, 5.74) is 0. The lowest BCUT2D eigenvalue weighted by atomic mass is 10.5. The molecule has 0 heterocycles. The van der Waals surface area contributed by atoms with Gasteiger partial charge in [0.15, 0.2) is 6.67 Å². The van der Waals surface area contributed by atoms with Gasteiger partial charge in [0.2, 0.25) is 0 Å². The topological polar surface area (TPSA) is 26.3 Å². The first-order valence-electron chi connectivity index (χ1n) is 3.48. The SMILES string of the molecule is C[N+](C)(C)CCOC(=O)CF.[I-]. The average molecular weight is 291 g/mol. The highest BCUT2D eigenvalue weighted by molar-refractivity contribution is 5.70. The molecular formula is C7H15FINO2. The van der Waals surface area contributed by atoms with Gasteiger partial charge in [0, 0.05) is 0 Å². The molecule has 0 rings (SSSR count). The number of alkyl halides is 1. The lowest BCUT2D eigenvalue weighted by Gasteiger charge is -2.23. The van der Waals surface area contributed by atoms with Crippen molar-refractivity contribution in [3.63, 3.8) is 0 Å². The molecule has 0 aromatic heterocycles. The molecule has 12 heavy (non-hydrogen) atoms. The van der Waals surface area contributed by atoms with E-state index in [4.69, 9.17) is 0 Å². The first-order chi connectivity index (χ1) is 4.95. The molecule has 0 atom stereocenters. The van der Waals surface area contributed by atoms with Crippen LogP contribution in [0.4, 0.5) is 4.39 Å². The summed E-state index contributed by atoms with van der Waals surface area (Å²) >= 11 is 0. The third-order valence-electron chi connectivity index (χ3n) is 1.13. The normalized spacial score (nSPS) is 10.3. The maximum absolute atomic E-state index is 11.5.